The molecule has 0 saturated carbocycles. The molecule has 1 aromatic heterocycles. The van der Waals surface area contributed by atoms with E-state index in [9.17, 15) is 0 Å². The lowest BCUT2D eigenvalue weighted by Crippen LogP contribution is -2.21. The molecule has 2 heterocycles. The summed E-state index contributed by atoms with van der Waals surface area (Å²) in [6.45, 7) is 0.822. The number of hydrogen-bond donors (Lipinski definition) is 0. The van der Waals surface area contributed by atoms with Crippen molar-refractivity contribution in [1.29, 1.82) is 0 Å². The lowest BCUT2D eigenvalue weighted by Gasteiger charge is -2.27. The summed E-state index contributed by atoms with van der Waals surface area (Å²) >= 11 is 6.32. The van der Waals surface area contributed by atoms with Gasteiger partial charge in [-0.3, -0.25) is 0 Å². The molecule has 0 aliphatic carbocycles. The predicted octanol–water partition coefficient (Wildman–Crippen LogP) is 4.70. The van der Waals surface area contributed by atoms with Crippen LogP contribution >= 0.6 is 11.6 Å². The maximum Gasteiger partial charge on any atom is 0.142 e. The van der Waals surface area contributed by atoms with Crippen LogP contribution in [0.3, 0.4) is 0 Å². The number of fused-ring (bicyclic) bond motifs is 5. The van der Waals surface area contributed by atoms with Crippen LogP contribution in [0.1, 0.15) is 5.56 Å². The Morgan fingerprint density at radius 2 is 1.95 bits per heavy atom. The van der Waals surface area contributed by atoms with E-state index in [0.29, 0.717) is 0 Å². The number of hydrogen-bond acceptors (Lipinski definition) is 2. The fourth-order valence-corrected chi connectivity index (χ4v) is 3.19. The number of nitrogens with zero attached hydrogens (tertiary/aromatic N) is 1. The van der Waals surface area contributed by atoms with Gasteiger partial charge >= 0.3 is 0 Å². The SMILES string of the molecule is CN1Cc2c(oc3ccccc23)-c2cccc(Cl)c21. The number of furan rings is 1. The Balaban J connectivity index is 2.11. The van der Waals surface area contributed by atoms with Gasteiger partial charge in [0.1, 0.15) is 11.3 Å². The van der Waals surface area contributed by atoms with Gasteiger partial charge in [-0.1, -0.05) is 35.9 Å². The van der Waals surface area contributed by atoms with Gasteiger partial charge < -0.3 is 9.32 Å². The molecule has 3 heteroatoms. The van der Waals surface area contributed by atoms with Crippen LogP contribution < -0.4 is 4.90 Å². The highest BCUT2D eigenvalue weighted by Gasteiger charge is 2.26. The second-order valence-corrected chi connectivity index (χ2v) is 5.31. The summed E-state index contributed by atoms with van der Waals surface area (Å²) in [6.07, 6.45) is 0. The van der Waals surface area contributed by atoms with E-state index in [1.165, 1.54) is 10.9 Å². The zero-order valence-electron chi connectivity index (χ0n) is 10.5. The van der Waals surface area contributed by atoms with Crippen LogP contribution in [-0.2, 0) is 6.54 Å². The highest BCUT2D eigenvalue weighted by molar-refractivity contribution is 6.34. The van der Waals surface area contributed by atoms with Gasteiger partial charge in [-0.25, -0.2) is 0 Å². The largest absolute Gasteiger partial charge is 0.456 e. The molecule has 0 spiro atoms. The van der Waals surface area contributed by atoms with Crippen molar-refractivity contribution in [2.75, 3.05) is 11.9 Å². The molecule has 0 fully saturated rings. The molecule has 2 aromatic carbocycles. The van der Waals surface area contributed by atoms with Crippen molar-refractivity contribution >= 4 is 28.3 Å². The maximum absolute atomic E-state index is 6.32. The van der Waals surface area contributed by atoms with Crippen molar-refractivity contribution < 1.29 is 4.42 Å². The van der Waals surface area contributed by atoms with E-state index >= 15 is 0 Å². The van der Waals surface area contributed by atoms with Gasteiger partial charge in [0.15, 0.2) is 0 Å². The van der Waals surface area contributed by atoms with Crippen molar-refractivity contribution in [2.24, 2.45) is 0 Å². The van der Waals surface area contributed by atoms with Crippen molar-refractivity contribution in [2.45, 2.75) is 6.54 Å². The Kier molecular flexibility index (Phi) is 2.18. The molecular weight excluding hydrogens is 258 g/mol. The number of benzene rings is 2. The number of para-hydroxylation sites is 2. The van der Waals surface area contributed by atoms with Gasteiger partial charge in [0.25, 0.3) is 0 Å². The van der Waals surface area contributed by atoms with E-state index in [0.717, 1.165) is 34.2 Å². The lowest BCUT2D eigenvalue weighted by atomic mass is 9.99. The molecule has 19 heavy (non-hydrogen) atoms. The normalized spacial score (nSPS) is 13.5. The zero-order chi connectivity index (χ0) is 13.0. The molecule has 1 aliphatic rings. The third-order valence-corrected chi connectivity index (χ3v) is 4.01. The van der Waals surface area contributed by atoms with E-state index in [4.69, 9.17) is 16.0 Å². The summed E-state index contributed by atoms with van der Waals surface area (Å²) in [5.41, 5.74) is 4.31. The van der Waals surface area contributed by atoms with Crippen molar-refractivity contribution in [3.8, 4) is 11.3 Å². The van der Waals surface area contributed by atoms with Crippen molar-refractivity contribution in [3.05, 3.63) is 53.1 Å². The molecule has 0 amide bonds. The molecule has 3 aromatic rings. The molecule has 4 rings (SSSR count). The topological polar surface area (TPSA) is 16.4 Å². The number of halogens is 1. The Morgan fingerprint density at radius 1 is 1.11 bits per heavy atom. The van der Waals surface area contributed by atoms with Gasteiger partial charge in [0, 0.05) is 30.1 Å². The molecule has 0 radical (unpaired) electrons. The summed E-state index contributed by atoms with van der Waals surface area (Å²) in [7, 11) is 2.06. The molecule has 0 bridgehead atoms. The average Bonchev–Trinajstić information content (AvgIpc) is 2.78. The van der Waals surface area contributed by atoms with Crippen LogP contribution in [0.2, 0.25) is 5.02 Å². The first kappa shape index (κ1) is 10.9. The first-order valence-corrected chi connectivity index (χ1v) is 6.64. The first-order valence-electron chi connectivity index (χ1n) is 6.26. The average molecular weight is 270 g/mol. The molecule has 1 aliphatic heterocycles. The van der Waals surface area contributed by atoms with Gasteiger partial charge in [-0.05, 0) is 18.2 Å². The standard InChI is InChI=1S/C16H12ClNO/c1-18-9-12-10-5-2-3-8-14(10)19-16(12)11-6-4-7-13(17)15(11)18/h2-8H,9H2,1H3. The molecule has 0 unspecified atom stereocenters. The van der Waals surface area contributed by atoms with E-state index in [-0.39, 0.29) is 0 Å². The molecule has 0 N–H and O–H groups in total. The van der Waals surface area contributed by atoms with E-state index in [1.54, 1.807) is 0 Å². The first-order chi connectivity index (χ1) is 9.25. The number of rotatable bonds is 0. The van der Waals surface area contributed by atoms with Crippen LogP contribution in [0.4, 0.5) is 5.69 Å². The molecule has 0 atom stereocenters. The van der Waals surface area contributed by atoms with Crippen LogP contribution in [0.25, 0.3) is 22.3 Å². The zero-order valence-corrected chi connectivity index (χ0v) is 11.2. The minimum Gasteiger partial charge on any atom is -0.456 e. The maximum atomic E-state index is 6.32. The summed E-state index contributed by atoms with van der Waals surface area (Å²) in [4.78, 5) is 2.18. The lowest BCUT2D eigenvalue weighted by molar-refractivity contribution is 0.622. The van der Waals surface area contributed by atoms with Gasteiger partial charge in [-0.2, -0.15) is 0 Å². The molecular formula is C16H12ClNO. The minimum absolute atomic E-state index is 0.770. The summed E-state index contributed by atoms with van der Waals surface area (Å²) < 4.78 is 6.03. The van der Waals surface area contributed by atoms with E-state index < -0.39 is 0 Å². The smallest absolute Gasteiger partial charge is 0.142 e. The van der Waals surface area contributed by atoms with Crippen LogP contribution in [0.5, 0.6) is 0 Å². The Morgan fingerprint density at radius 3 is 2.84 bits per heavy atom. The van der Waals surface area contributed by atoms with Crippen molar-refractivity contribution in [3.63, 3.8) is 0 Å². The van der Waals surface area contributed by atoms with Gasteiger partial charge in [0.2, 0.25) is 0 Å². The molecule has 0 saturated heterocycles. The van der Waals surface area contributed by atoms with E-state index in [1.807, 2.05) is 30.3 Å². The highest BCUT2D eigenvalue weighted by Crippen LogP contribution is 2.45. The molecule has 94 valence electrons. The summed E-state index contributed by atoms with van der Waals surface area (Å²) in [6, 6.07) is 14.1. The van der Waals surface area contributed by atoms with Crippen molar-refractivity contribution in [1.82, 2.24) is 0 Å². The third-order valence-electron chi connectivity index (χ3n) is 3.71. The fraction of sp³-hybridized carbons (Fsp3) is 0.125. The monoisotopic (exact) mass is 269 g/mol. The third kappa shape index (κ3) is 1.44. The predicted molar refractivity (Wildman–Crippen MR) is 78.8 cm³/mol. The minimum atomic E-state index is 0.770. The molecule has 2 nitrogen and oxygen atoms in total. The highest BCUT2D eigenvalue weighted by atomic mass is 35.5. The summed E-state index contributed by atoms with van der Waals surface area (Å²) in [5.74, 6) is 0.955. The second kappa shape index (κ2) is 3.78. The Hall–Kier alpha value is -1.93. The fourth-order valence-electron chi connectivity index (χ4n) is 2.88. The Bertz CT molecular complexity index is 791. The summed E-state index contributed by atoms with van der Waals surface area (Å²) in [5, 5.41) is 1.96. The Labute approximate surface area is 116 Å². The second-order valence-electron chi connectivity index (χ2n) is 4.90. The number of anilines is 1. The van der Waals surface area contributed by atoms with Crippen LogP contribution in [0, 0.1) is 0 Å². The van der Waals surface area contributed by atoms with E-state index in [2.05, 4.69) is 24.1 Å². The van der Waals surface area contributed by atoms with Crippen LogP contribution in [-0.4, -0.2) is 7.05 Å². The van der Waals surface area contributed by atoms with Gasteiger partial charge in [-0.15, -0.1) is 0 Å². The van der Waals surface area contributed by atoms with Gasteiger partial charge in [0.05, 0.1) is 10.7 Å². The van der Waals surface area contributed by atoms with Crippen LogP contribution in [0.15, 0.2) is 46.9 Å². The quantitative estimate of drug-likeness (QED) is 0.588.